The Morgan fingerprint density at radius 3 is 1.04 bits per heavy atom. The van der Waals surface area contributed by atoms with Crippen molar-refractivity contribution in [2.24, 2.45) is 0 Å². The van der Waals surface area contributed by atoms with E-state index in [1.807, 2.05) is 0 Å². The van der Waals surface area contributed by atoms with Crippen LogP contribution in [0.15, 0.2) is 24.3 Å². The molecule has 8 nitrogen and oxygen atoms in total. The molecule has 0 atom stereocenters. The van der Waals surface area contributed by atoms with Crippen molar-refractivity contribution in [3.05, 3.63) is 35.4 Å². The van der Waals surface area contributed by atoms with Gasteiger partial charge in [0.05, 0.1) is 0 Å². The highest BCUT2D eigenvalue weighted by molar-refractivity contribution is 5.98. The van der Waals surface area contributed by atoms with E-state index in [0.717, 1.165) is 0 Å². The van der Waals surface area contributed by atoms with Crippen LogP contribution in [0.3, 0.4) is 0 Å². The molecule has 28 heavy (non-hydrogen) atoms. The number of piperazine rings is 2. The Balaban J connectivity index is 1.57. The number of nitrogens with zero attached hydrogens (tertiary/aromatic N) is 4. The second-order valence-corrected chi connectivity index (χ2v) is 7.17. The molecule has 8 heteroatoms. The second-order valence-electron chi connectivity index (χ2n) is 7.17. The van der Waals surface area contributed by atoms with Crippen LogP contribution in [-0.2, 0) is 9.59 Å². The first-order valence-corrected chi connectivity index (χ1v) is 9.56. The number of hydrogen-bond acceptors (Lipinski definition) is 4. The molecule has 1 aromatic carbocycles. The van der Waals surface area contributed by atoms with E-state index in [1.54, 1.807) is 43.9 Å². The van der Waals surface area contributed by atoms with Crippen molar-refractivity contribution >= 4 is 23.6 Å². The SMILES string of the molecule is CC(=O)N1CCN(C(=O)c2ccc(C(=O)N3CCN(C(C)=O)CC3)cc2)CC1. The zero-order valence-corrected chi connectivity index (χ0v) is 16.4. The lowest BCUT2D eigenvalue weighted by Crippen LogP contribution is -2.50. The van der Waals surface area contributed by atoms with Crippen LogP contribution in [0.1, 0.15) is 34.6 Å². The van der Waals surface area contributed by atoms with Crippen LogP contribution in [0, 0.1) is 0 Å². The molecular weight excluding hydrogens is 360 g/mol. The smallest absolute Gasteiger partial charge is 0.253 e. The minimum atomic E-state index is -0.0859. The summed E-state index contributed by atoms with van der Waals surface area (Å²) in [6.07, 6.45) is 0. The molecule has 0 spiro atoms. The summed E-state index contributed by atoms with van der Waals surface area (Å²) in [5.74, 6) is -0.118. The summed E-state index contributed by atoms with van der Waals surface area (Å²) in [6, 6.07) is 6.72. The highest BCUT2D eigenvalue weighted by Gasteiger charge is 2.25. The van der Waals surface area contributed by atoms with Gasteiger partial charge in [-0.25, -0.2) is 0 Å². The molecule has 1 aromatic rings. The molecule has 2 aliphatic rings. The standard InChI is InChI=1S/C20H26N4O4/c1-15(25)21-7-11-23(12-8-21)19(27)17-3-5-18(6-4-17)20(28)24-13-9-22(10-14-24)16(2)26/h3-6H,7-14H2,1-2H3. The maximum absolute atomic E-state index is 12.6. The van der Waals surface area contributed by atoms with Crippen molar-refractivity contribution in [3.63, 3.8) is 0 Å². The van der Waals surface area contributed by atoms with Crippen molar-refractivity contribution in [3.8, 4) is 0 Å². The van der Waals surface area contributed by atoms with Gasteiger partial charge >= 0.3 is 0 Å². The molecule has 0 unspecified atom stereocenters. The average Bonchev–Trinajstić information content (AvgIpc) is 2.73. The Labute approximate surface area is 164 Å². The zero-order valence-electron chi connectivity index (χ0n) is 16.4. The van der Waals surface area contributed by atoms with Gasteiger partial charge in [0.15, 0.2) is 0 Å². The van der Waals surface area contributed by atoms with Crippen molar-refractivity contribution in [2.45, 2.75) is 13.8 Å². The third kappa shape index (κ3) is 4.32. The lowest BCUT2D eigenvalue weighted by Gasteiger charge is -2.34. The van der Waals surface area contributed by atoms with Gasteiger partial charge in [-0.3, -0.25) is 19.2 Å². The van der Waals surface area contributed by atoms with Gasteiger partial charge in [-0.15, -0.1) is 0 Å². The van der Waals surface area contributed by atoms with E-state index in [4.69, 9.17) is 0 Å². The largest absolute Gasteiger partial charge is 0.339 e. The van der Waals surface area contributed by atoms with Crippen molar-refractivity contribution in [2.75, 3.05) is 52.4 Å². The summed E-state index contributed by atoms with van der Waals surface area (Å²) in [6.45, 7) is 7.31. The highest BCUT2D eigenvalue weighted by atomic mass is 16.2. The van der Waals surface area contributed by atoms with Gasteiger partial charge in [0, 0.05) is 77.3 Å². The molecule has 4 amide bonds. The number of hydrogen-bond donors (Lipinski definition) is 0. The van der Waals surface area contributed by atoms with Gasteiger partial charge in [0.25, 0.3) is 11.8 Å². The number of rotatable bonds is 2. The summed E-state index contributed by atoms with van der Waals surface area (Å²) in [7, 11) is 0. The van der Waals surface area contributed by atoms with Crippen LogP contribution in [0.5, 0.6) is 0 Å². The molecule has 2 heterocycles. The molecule has 3 rings (SSSR count). The normalized spacial score (nSPS) is 17.5. The van der Waals surface area contributed by atoms with Gasteiger partial charge in [-0.1, -0.05) is 0 Å². The third-order valence-electron chi connectivity index (χ3n) is 5.40. The van der Waals surface area contributed by atoms with E-state index >= 15 is 0 Å². The number of carbonyl (C=O) groups excluding carboxylic acids is 4. The van der Waals surface area contributed by atoms with Gasteiger partial charge in [-0.2, -0.15) is 0 Å². The average molecular weight is 386 g/mol. The fraction of sp³-hybridized carbons (Fsp3) is 0.500. The van der Waals surface area contributed by atoms with E-state index in [9.17, 15) is 19.2 Å². The van der Waals surface area contributed by atoms with E-state index in [2.05, 4.69) is 0 Å². The minimum absolute atomic E-state index is 0.0269. The van der Waals surface area contributed by atoms with Crippen LogP contribution < -0.4 is 0 Å². The van der Waals surface area contributed by atoms with Gasteiger partial charge in [0.1, 0.15) is 0 Å². The summed E-state index contributed by atoms with van der Waals surface area (Å²) >= 11 is 0. The molecule has 2 saturated heterocycles. The lowest BCUT2D eigenvalue weighted by molar-refractivity contribution is -0.131. The fourth-order valence-corrected chi connectivity index (χ4v) is 3.57. The van der Waals surface area contributed by atoms with Crippen LogP contribution in [0.4, 0.5) is 0 Å². The summed E-state index contributed by atoms with van der Waals surface area (Å²) < 4.78 is 0. The maximum Gasteiger partial charge on any atom is 0.253 e. The van der Waals surface area contributed by atoms with Crippen LogP contribution >= 0.6 is 0 Å². The molecule has 2 aliphatic heterocycles. The predicted molar refractivity (Wildman–Crippen MR) is 103 cm³/mol. The Kier molecular flexibility index (Phi) is 5.96. The van der Waals surface area contributed by atoms with Crippen molar-refractivity contribution in [1.29, 1.82) is 0 Å². The molecule has 0 bridgehead atoms. The number of amides is 4. The van der Waals surface area contributed by atoms with Gasteiger partial charge in [0.2, 0.25) is 11.8 Å². The van der Waals surface area contributed by atoms with Crippen molar-refractivity contribution < 1.29 is 19.2 Å². The first-order chi connectivity index (χ1) is 13.4. The third-order valence-corrected chi connectivity index (χ3v) is 5.40. The monoisotopic (exact) mass is 386 g/mol. The van der Waals surface area contributed by atoms with Gasteiger partial charge in [-0.05, 0) is 24.3 Å². The minimum Gasteiger partial charge on any atom is -0.339 e. The quantitative estimate of drug-likeness (QED) is 0.732. The molecule has 0 N–H and O–H groups in total. The molecule has 150 valence electrons. The van der Waals surface area contributed by atoms with Crippen molar-refractivity contribution in [1.82, 2.24) is 19.6 Å². The number of benzene rings is 1. The fourth-order valence-electron chi connectivity index (χ4n) is 3.57. The summed E-state index contributed by atoms with van der Waals surface area (Å²) in [4.78, 5) is 55.0. The summed E-state index contributed by atoms with van der Waals surface area (Å²) in [5.41, 5.74) is 1.07. The summed E-state index contributed by atoms with van der Waals surface area (Å²) in [5, 5.41) is 0. The number of carbonyl (C=O) groups is 4. The first kappa shape index (κ1) is 19.9. The topological polar surface area (TPSA) is 81.2 Å². The second kappa shape index (κ2) is 8.41. The van der Waals surface area contributed by atoms with E-state index in [-0.39, 0.29) is 23.6 Å². The Morgan fingerprint density at radius 2 is 0.786 bits per heavy atom. The molecule has 0 aliphatic carbocycles. The lowest BCUT2D eigenvalue weighted by atomic mass is 10.1. The highest BCUT2D eigenvalue weighted by Crippen LogP contribution is 2.13. The molecule has 0 radical (unpaired) electrons. The molecule has 0 saturated carbocycles. The Morgan fingerprint density at radius 1 is 0.536 bits per heavy atom. The van der Waals surface area contributed by atoms with Crippen LogP contribution in [0.2, 0.25) is 0 Å². The predicted octanol–water partition coefficient (Wildman–Crippen LogP) is 0.295. The van der Waals surface area contributed by atoms with E-state index in [0.29, 0.717) is 63.5 Å². The first-order valence-electron chi connectivity index (χ1n) is 9.56. The van der Waals surface area contributed by atoms with Crippen LogP contribution in [0.25, 0.3) is 0 Å². The Hall–Kier alpha value is -2.90. The molecule has 2 fully saturated rings. The van der Waals surface area contributed by atoms with Crippen LogP contribution in [-0.4, -0.2) is 95.6 Å². The Bertz CT molecular complexity index is 696. The van der Waals surface area contributed by atoms with E-state index < -0.39 is 0 Å². The van der Waals surface area contributed by atoms with Gasteiger partial charge < -0.3 is 19.6 Å². The molecule has 0 aromatic heterocycles. The molecular formula is C20H26N4O4. The van der Waals surface area contributed by atoms with E-state index in [1.165, 1.54) is 13.8 Å². The maximum atomic E-state index is 12.6. The zero-order chi connectivity index (χ0) is 20.3.